The molecule has 0 amide bonds. The lowest BCUT2D eigenvalue weighted by atomic mass is 10.2. The van der Waals surface area contributed by atoms with Crippen molar-refractivity contribution < 1.29 is 0 Å². The Hall–Kier alpha value is -2.96. The Morgan fingerprint density at radius 3 is 2.86 bits per heavy atom. The summed E-state index contributed by atoms with van der Waals surface area (Å²) < 4.78 is 5.86. The number of rotatable bonds is 3. The van der Waals surface area contributed by atoms with Crippen molar-refractivity contribution in [3.63, 3.8) is 0 Å². The molecule has 110 valence electrons. The second-order valence-corrected chi connectivity index (χ2v) is 5.05. The zero-order valence-electron chi connectivity index (χ0n) is 12.4. The van der Waals surface area contributed by atoms with E-state index < -0.39 is 0 Å². The monoisotopic (exact) mass is 293 g/mol. The molecule has 3 aromatic heterocycles. The molecule has 22 heavy (non-hydrogen) atoms. The minimum absolute atomic E-state index is 0.753. The minimum atomic E-state index is 0.753. The molecule has 0 bridgehead atoms. The number of hydrogen-bond donors (Lipinski definition) is 0. The van der Waals surface area contributed by atoms with Crippen LogP contribution < -0.4 is 0 Å². The van der Waals surface area contributed by atoms with Gasteiger partial charge in [0.15, 0.2) is 11.6 Å². The van der Waals surface area contributed by atoms with Crippen LogP contribution >= 0.6 is 0 Å². The Balaban J connectivity index is 1.89. The molecule has 4 aromatic rings. The summed E-state index contributed by atoms with van der Waals surface area (Å²) >= 11 is 0. The fraction of sp³-hybridized carbons (Fsp3) is 0.200. The van der Waals surface area contributed by atoms with E-state index in [4.69, 9.17) is 0 Å². The number of aromatic nitrogens is 7. The maximum absolute atomic E-state index is 4.45. The summed E-state index contributed by atoms with van der Waals surface area (Å²) in [6.45, 7) is 2.79. The van der Waals surface area contributed by atoms with Gasteiger partial charge >= 0.3 is 0 Å². The summed E-state index contributed by atoms with van der Waals surface area (Å²) in [5.41, 5.74) is 3.08. The molecule has 7 nitrogen and oxygen atoms in total. The van der Waals surface area contributed by atoms with Gasteiger partial charge in [-0.15, -0.1) is 0 Å². The molecule has 0 unspecified atom stereocenters. The molecule has 0 N–H and O–H groups in total. The first-order valence-corrected chi connectivity index (χ1v) is 7.11. The lowest BCUT2D eigenvalue weighted by molar-refractivity contribution is 0.661. The molecule has 0 aliphatic heterocycles. The van der Waals surface area contributed by atoms with Crippen molar-refractivity contribution in [2.24, 2.45) is 7.05 Å². The number of imidazole rings is 2. The van der Waals surface area contributed by atoms with Gasteiger partial charge in [-0.2, -0.15) is 5.10 Å². The van der Waals surface area contributed by atoms with Gasteiger partial charge in [0.2, 0.25) is 0 Å². The van der Waals surface area contributed by atoms with Gasteiger partial charge in [0.25, 0.3) is 0 Å². The molecule has 0 aliphatic carbocycles. The summed E-state index contributed by atoms with van der Waals surface area (Å²) in [6, 6.07) is 6.15. The fourth-order valence-electron chi connectivity index (χ4n) is 2.61. The van der Waals surface area contributed by atoms with Crippen LogP contribution in [0.15, 0.2) is 43.2 Å². The van der Waals surface area contributed by atoms with E-state index in [1.54, 1.807) is 12.5 Å². The summed E-state index contributed by atoms with van der Waals surface area (Å²) in [7, 11) is 1.99. The summed E-state index contributed by atoms with van der Waals surface area (Å²) in [6.07, 6.45) is 7.08. The highest BCUT2D eigenvalue weighted by molar-refractivity contribution is 5.78. The summed E-state index contributed by atoms with van der Waals surface area (Å²) in [4.78, 5) is 13.1. The molecule has 0 radical (unpaired) electrons. The van der Waals surface area contributed by atoms with Crippen LogP contribution in [-0.4, -0.2) is 33.9 Å². The van der Waals surface area contributed by atoms with Crippen LogP contribution in [0.25, 0.3) is 28.4 Å². The van der Waals surface area contributed by atoms with Crippen molar-refractivity contribution in [1.82, 2.24) is 33.9 Å². The van der Waals surface area contributed by atoms with Crippen LogP contribution in [0.5, 0.6) is 0 Å². The van der Waals surface area contributed by atoms with E-state index in [0.29, 0.717) is 0 Å². The first-order chi connectivity index (χ1) is 10.8. The van der Waals surface area contributed by atoms with Gasteiger partial charge in [-0.05, 0) is 25.1 Å². The largest absolute Gasteiger partial charge is 0.334 e. The van der Waals surface area contributed by atoms with E-state index in [2.05, 4.69) is 26.1 Å². The molecule has 0 spiro atoms. The summed E-state index contributed by atoms with van der Waals surface area (Å²) in [5.74, 6) is 1.54. The molecule has 1 aromatic carbocycles. The highest BCUT2D eigenvalue weighted by atomic mass is 15.3. The van der Waals surface area contributed by atoms with Gasteiger partial charge in [0, 0.05) is 31.7 Å². The molecule has 0 atom stereocenters. The van der Waals surface area contributed by atoms with Crippen LogP contribution in [0.1, 0.15) is 6.92 Å². The first kappa shape index (κ1) is 12.8. The van der Waals surface area contributed by atoms with Crippen LogP contribution in [0, 0.1) is 0 Å². The van der Waals surface area contributed by atoms with Crippen LogP contribution in [0.3, 0.4) is 0 Å². The Labute approximate surface area is 126 Å². The van der Waals surface area contributed by atoms with Crippen LogP contribution in [0.2, 0.25) is 0 Å². The van der Waals surface area contributed by atoms with Crippen molar-refractivity contribution in [3.8, 4) is 17.3 Å². The van der Waals surface area contributed by atoms with Crippen molar-refractivity contribution in [1.29, 1.82) is 0 Å². The summed E-state index contributed by atoms with van der Waals surface area (Å²) in [5, 5.41) is 4.22. The SMILES string of the molecule is CCn1ncnc1-c1nccn1-c1ccc2ncn(C)c2c1. The molecule has 3 heterocycles. The number of benzene rings is 1. The number of fused-ring (bicyclic) bond motifs is 1. The Morgan fingerprint density at radius 1 is 1.09 bits per heavy atom. The minimum Gasteiger partial charge on any atom is -0.334 e. The predicted octanol–water partition coefficient (Wildman–Crippen LogP) is 2.04. The molecule has 7 heteroatoms. The molecular formula is C15H15N7. The third-order valence-electron chi connectivity index (χ3n) is 3.74. The van der Waals surface area contributed by atoms with Gasteiger partial charge in [0.05, 0.1) is 17.4 Å². The Bertz CT molecular complexity index is 944. The third-order valence-corrected chi connectivity index (χ3v) is 3.74. The van der Waals surface area contributed by atoms with Crippen molar-refractivity contribution in [2.75, 3.05) is 0 Å². The number of hydrogen-bond acceptors (Lipinski definition) is 4. The van der Waals surface area contributed by atoms with Crippen LogP contribution in [-0.2, 0) is 13.6 Å². The van der Waals surface area contributed by atoms with Gasteiger partial charge in [-0.25, -0.2) is 19.6 Å². The van der Waals surface area contributed by atoms with Crippen molar-refractivity contribution in [2.45, 2.75) is 13.5 Å². The second kappa shape index (κ2) is 4.80. The number of nitrogens with zero attached hydrogens (tertiary/aromatic N) is 7. The topological polar surface area (TPSA) is 66.3 Å². The quantitative estimate of drug-likeness (QED) is 0.580. The fourth-order valence-corrected chi connectivity index (χ4v) is 2.61. The third kappa shape index (κ3) is 1.82. The smallest absolute Gasteiger partial charge is 0.194 e. The van der Waals surface area contributed by atoms with E-state index in [1.165, 1.54) is 0 Å². The Kier molecular flexibility index (Phi) is 2.78. The van der Waals surface area contributed by atoms with Gasteiger partial charge in [-0.3, -0.25) is 4.57 Å². The number of aryl methyl sites for hydroxylation is 2. The van der Waals surface area contributed by atoms with E-state index in [9.17, 15) is 0 Å². The maximum atomic E-state index is 4.45. The van der Waals surface area contributed by atoms with E-state index >= 15 is 0 Å². The van der Waals surface area contributed by atoms with Gasteiger partial charge in [0.1, 0.15) is 6.33 Å². The molecule has 0 aliphatic rings. The van der Waals surface area contributed by atoms with Gasteiger partial charge < -0.3 is 4.57 Å². The molecular weight excluding hydrogens is 278 g/mol. The average Bonchev–Trinajstić information content (AvgIpc) is 3.25. The maximum Gasteiger partial charge on any atom is 0.194 e. The standard InChI is InChI=1S/C15H15N7/c1-3-22-15(17-9-19-22)14-16-6-7-21(14)11-4-5-12-13(8-11)20(2)10-18-12/h4-10H,3H2,1-2H3. The molecule has 0 fully saturated rings. The van der Waals surface area contributed by atoms with E-state index in [1.807, 2.05) is 52.4 Å². The molecule has 0 saturated carbocycles. The van der Waals surface area contributed by atoms with Crippen LogP contribution in [0.4, 0.5) is 0 Å². The van der Waals surface area contributed by atoms with E-state index in [-0.39, 0.29) is 0 Å². The zero-order valence-corrected chi connectivity index (χ0v) is 12.4. The molecule has 0 saturated heterocycles. The second-order valence-electron chi connectivity index (χ2n) is 5.05. The normalized spacial score (nSPS) is 11.4. The lowest BCUT2D eigenvalue weighted by Gasteiger charge is -2.08. The van der Waals surface area contributed by atoms with Crippen molar-refractivity contribution >= 4 is 11.0 Å². The predicted molar refractivity (Wildman–Crippen MR) is 82.5 cm³/mol. The zero-order chi connectivity index (χ0) is 15.1. The van der Waals surface area contributed by atoms with E-state index in [0.717, 1.165) is 34.9 Å². The highest BCUT2D eigenvalue weighted by Crippen LogP contribution is 2.22. The molecule has 4 rings (SSSR count). The van der Waals surface area contributed by atoms with Crippen molar-refractivity contribution in [3.05, 3.63) is 43.2 Å². The first-order valence-electron chi connectivity index (χ1n) is 7.11. The highest BCUT2D eigenvalue weighted by Gasteiger charge is 2.14. The Morgan fingerprint density at radius 2 is 2.00 bits per heavy atom. The average molecular weight is 293 g/mol. The van der Waals surface area contributed by atoms with Gasteiger partial charge in [-0.1, -0.05) is 0 Å². The lowest BCUT2D eigenvalue weighted by Crippen LogP contribution is -2.04.